The van der Waals surface area contributed by atoms with Crippen LogP contribution in [0.1, 0.15) is 86.3 Å². The van der Waals surface area contributed by atoms with Gasteiger partial charge in [0.25, 0.3) is 5.91 Å². The molecule has 1 saturated carbocycles. The van der Waals surface area contributed by atoms with Crippen molar-refractivity contribution in [2.75, 3.05) is 42.9 Å². The average Bonchev–Trinajstić information content (AvgIpc) is 3.99. The van der Waals surface area contributed by atoms with Crippen LogP contribution < -0.4 is 20.9 Å². The quantitative estimate of drug-likeness (QED) is 0.0889. The Balaban J connectivity index is 1.14. The fourth-order valence-electron chi connectivity index (χ4n) is 8.25. The smallest absolute Gasteiger partial charge is 0.251 e. The molecule has 7 rings (SSSR count). The third-order valence-electron chi connectivity index (χ3n) is 11.5. The largest absolute Gasteiger partial charge is 0.388 e. The second-order valence-electron chi connectivity index (χ2n) is 15.6. The summed E-state index contributed by atoms with van der Waals surface area (Å²) in [7, 11) is -3.68. The summed E-state index contributed by atoms with van der Waals surface area (Å²) in [5, 5.41) is 31.8. The minimum Gasteiger partial charge on any atom is -0.388 e. The summed E-state index contributed by atoms with van der Waals surface area (Å²) in [5.41, 5.74) is 3.55. The lowest BCUT2D eigenvalue weighted by atomic mass is 9.91. The number of nitrogens with one attached hydrogen (secondary N) is 3. The number of amides is 2. The van der Waals surface area contributed by atoms with Gasteiger partial charge in [-0.1, -0.05) is 81.4 Å². The first-order valence-corrected chi connectivity index (χ1v) is 22.4. The normalized spacial score (nSPS) is 20.6. The number of imidazole rings is 1. The Hall–Kier alpha value is -5.42. The van der Waals surface area contributed by atoms with Gasteiger partial charge in [0.2, 0.25) is 21.9 Å². The average molecular weight is 838 g/mol. The standard InChI is InChI=1S/C44H55N9O6S/c1-4-22-52(23-5-2)60(58,59)33-19-17-31(18-20-33)43(57)47-32-21-24-51(27-32)44-49-41(45-26-34(29-13-9-7-10-14-29)30-15-11-8-12-16-30)38-42(50-44)53(28-46-38)36-25-35(39(55)40(36)56)48-37(54)6-3/h7-20,28,32,34-36,39-40,55-56H,4-6,21-27H2,1-3H3,(H,47,57)(H,48,54)(H,45,49,50)/t32-,35+,36-,39-,40+/m1/s1. The van der Waals surface area contributed by atoms with Gasteiger partial charge in [0, 0.05) is 56.7 Å². The number of aliphatic hydroxyl groups excluding tert-OH is 2. The molecule has 5 atom stereocenters. The summed E-state index contributed by atoms with van der Waals surface area (Å²) in [6, 6.07) is 25.0. The number of hydrogen-bond donors (Lipinski definition) is 5. The maximum absolute atomic E-state index is 13.5. The molecule has 0 spiro atoms. The summed E-state index contributed by atoms with van der Waals surface area (Å²) >= 11 is 0. The van der Waals surface area contributed by atoms with Crippen molar-refractivity contribution in [2.45, 2.75) is 94.0 Å². The van der Waals surface area contributed by atoms with Crippen molar-refractivity contribution in [1.29, 1.82) is 0 Å². The molecule has 0 radical (unpaired) electrons. The van der Waals surface area contributed by atoms with Crippen LogP contribution in [0.4, 0.5) is 11.8 Å². The van der Waals surface area contributed by atoms with E-state index in [1.807, 2.05) is 55.1 Å². The number of aromatic nitrogens is 4. The van der Waals surface area contributed by atoms with Crippen LogP contribution in [0.15, 0.2) is 96.2 Å². The van der Waals surface area contributed by atoms with Crippen molar-refractivity contribution in [1.82, 2.24) is 34.5 Å². The molecule has 15 nitrogen and oxygen atoms in total. The van der Waals surface area contributed by atoms with E-state index in [-0.39, 0.29) is 41.5 Å². The fourth-order valence-corrected chi connectivity index (χ4v) is 9.88. The highest BCUT2D eigenvalue weighted by Crippen LogP contribution is 2.36. The molecule has 16 heteroatoms. The monoisotopic (exact) mass is 837 g/mol. The van der Waals surface area contributed by atoms with Crippen LogP contribution in [0.3, 0.4) is 0 Å². The number of benzene rings is 3. The van der Waals surface area contributed by atoms with Crippen LogP contribution in [-0.4, -0.2) is 111 Å². The highest BCUT2D eigenvalue weighted by molar-refractivity contribution is 7.89. The molecule has 3 aromatic carbocycles. The molecule has 1 saturated heterocycles. The van der Waals surface area contributed by atoms with Gasteiger partial charge in [-0.05, 0) is 61.1 Å². The number of carbonyl (C=O) groups is 2. The van der Waals surface area contributed by atoms with Crippen molar-refractivity contribution in [3.05, 3.63) is 108 Å². The summed E-state index contributed by atoms with van der Waals surface area (Å²) in [4.78, 5) is 42.6. The van der Waals surface area contributed by atoms with E-state index in [0.717, 1.165) is 11.1 Å². The zero-order chi connectivity index (χ0) is 42.4. The van der Waals surface area contributed by atoms with E-state index in [1.165, 1.54) is 16.4 Å². The number of rotatable bonds is 17. The van der Waals surface area contributed by atoms with Crippen LogP contribution in [0.2, 0.25) is 0 Å². The number of carbonyl (C=O) groups excluding carboxylic acids is 2. The highest BCUT2D eigenvalue weighted by Gasteiger charge is 2.44. The van der Waals surface area contributed by atoms with Gasteiger partial charge in [0.1, 0.15) is 12.2 Å². The molecule has 1 aliphatic heterocycles. The van der Waals surface area contributed by atoms with Crippen molar-refractivity contribution >= 4 is 44.8 Å². The molecule has 2 aliphatic rings. The number of fused-ring (bicyclic) bond motifs is 1. The summed E-state index contributed by atoms with van der Waals surface area (Å²) < 4.78 is 29.8. The van der Waals surface area contributed by atoms with E-state index < -0.39 is 34.3 Å². The molecule has 60 heavy (non-hydrogen) atoms. The zero-order valence-electron chi connectivity index (χ0n) is 34.3. The molecule has 2 aromatic heterocycles. The molecule has 1 aliphatic carbocycles. The van der Waals surface area contributed by atoms with Crippen molar-refractivity contribution in [3.8, 4) is 0 Å². The predicted octanol–water partition coefficient (Wildman–Crippen LogP) is 4.45. The lowest BCUT2D eigenvalue weighted by Gasteiger charge is -2.22. The number of anilines is 2. The lowest BCUT2D eigenvalue weighted by Crippen LogP contribution is -2.42. The SMILES string of the molecule is CCCN(CCC)S(=O)(=O)c1ccc(C(=O)N[C@@H]2CCN(c3nc(NCC(c4ccccc4)c4ccccc4)c4ncn([C@@H]5C[C@H](NC(=O)CC)[C@@H](O)[C@H]5O)c4n3)C2)cc1. The minimum absolute atomic E-state index is 0.0233. The zero-order valence-corrected chi connectivity index (χ0v) is 35.1. The summed E-state index contributed by atoms with van der Waals surface area (Å²) in [6.07, 6.45) is 1.77. The van der Waals surface area contributed by atoms with Gasteiger partial charge in [0.05, 0.1) is 23.3 Å². The Bertz CT molecular complexity index is 2300. The van der Waals surface area contributed by atoms with E-state index in [1.54, 1.807) is 30.0 Å². The van der Waals surface area contributed by atoms with Crippen LogP contribution >= 0.6 is 0 Å². The Labute approximate surface area is 351 Å². The number of hydrogen-bond acceptors (Lipinski definition) is 11. The van der Waals surface area contributed by atoms with Gasteiger partial charge < -0.3 is 35.6 Å². The molecule has 5 N–H and O–H groups in total. The molecule has 2 amide bonds. The third kappa shape index (κ3) is 9.16. The molecule has 3 heterocycles. The van der Waals surface area contributed by atoms with E-state index in [2.05, 4.69) is 40.2 Å². The minimum atomic E-state index is -3.68. The lowest BCUT2D eigenvalue weighted by molar-refractivity contribution is -0.122. The van der Waals surface area contributed by atoms with Gasteiger partial charge in [-0.3, -0.25) is 9.59 Å². The van der Waals surface area contributed by atoms with Gasteiger partial charge >= 0.3 is 0 Å². The van der Waals surface area contributed by atoms with Crippen LogP contribution in [-0.2, 0) is 14.8 Å². The molecule has 0 unspecified atom stereocenters. The van der Waals surface area contributed by atoms with Gasteiger partial charge in [-0.15, -0.1) is 0 Å². The van der Waals surface area contributed by atoms with Crippen LogP contribution in [0.5, 0.6) is 0 Å². The molecular formula is C44H55N9O6S. The van der Waals surface area contributed by atoms with Crippen molar-refractivity contribution in [2.24, 2.45) is 0 Å². The Morgan fingerprint density at radius 2 is 1.52 bits per heavy atom. The second-order valence-corrected chi connectivity index (χ2v) is 17.5. The maximum Gasteiger partial charge on any atom is 0.251 e. The maximum atomic E-state index is 13.5. The molecule has 0 bridgehead atoms. The molecular weight excluding hydrogens is 783 g/mol. The second kappa shape index (κ2) is 18.9. The van der Waals surface area contributed by atoms with Gasteiger partial charge in [0.15, 0.2) is 17.0 Å². The van der Waals surface area contributed by atoms with E-state index in [4.69, 9.17) is 15.0 Å². The topological polar surface area (TPSA) is 195 Å². The van der Waals surface area contributed by atoms with Crippen molar-refractivity contribution < 1.29 is 28.2 Å². The first kappa shape index (κ1) is 42.7. The Kier molecular flexibility index (Phi) is 13.4. The van der Waals surface area contributed by atoms with Crippen LogP contribution in [0.25, 0.3) is 11.2 Å². The van der Waals surface area contributed by atoms with Crippen molar-refractivity contribution in [3.63, 3.8) is 0 Å². The third-order valence-corrected chi connectivity index (χ3v) is 13.4. The molecule has 2 fully saturated rings. The van der Waals surface area contributed by atoms with Crippen LogP contribution in [0, 0.1) is 0 Å². The van der Waals surface area contributed by atoms with Gasteiger partial charge in [-0.2, -0.15) is 14.3 Å². The number of nitrogens with zero attached hydrogens (tertiary/aromatic N) is 6. The summed E-state index contributed by atoms with van der Waals surface area (Å²) in [6.45, 7) is 7.91. The Morgan fingerprint density at radius 3 is 2.13 bits per heavy atom. The van der Waals surface area contributed by atoms with E-state index in [9.17, 15) is 28.2 Å². The first-order chi connectivity index (χ1) is 29.0. The number of sulfonamides is 1. The number of aliphatic hydroxyl groups is 2. The highest BCUT2D eigenvalue weighted by atomic mass is 32.2. The molecule has 5 aromatic rings. The summed E-state index contributed by atoms with van der Waals surface area (Å²) in [5.74, 6) is 0.347. The van der Waals surface area contributed by atoms with Gasteiger partial charge in [-0.25, -0.2) is 13.4 Å². The first-order valence-electron chi connectivity index (χ1n) is 20.9. The fraction of sp³-hybridized carbons (Fsp3) is 0.432. The molecule has 318 valence electrons. The predicted molar refractivity (Wildman–Crippen MR) is 230 cm³/mol. The van der Waals surface area contributed by atoms with E-state index >= 15 is 0 Å². The Morgan fingerprint density at radius 1 is 0.867 bits per heavy atom. The van der Waals surface area contributed by atoms with E-state index in [0.29, 0.717) is 80.5 Å².